The number of furan rings is 2. The zero-order valence-electron chi connectivity index (χ0n) is 69.3. The first-order chi connectivity index (χ1) is 58.8. The van der Waals surface area contributed by atoms with Crippen molar-refractivity contribution in [1.29, 1.82) is 0 Å². The van der Waals surface area contributed by atoms with Crippen LogP contribution in [0, 0.1) is 0 Å². The van der Waals surface area contributed by atoms with E-state index in [0.717, 1.165) is 198 Å². The molecule has 0 bridgehead atoms. The van der Waals surface area contributed by atoms with E-state index in [1.807, 2.05) is 115 Å². The standard InChI is InChI=1S/C60H38O.C48H30O/c1-4-18-39(19-5-1)43-33-32-42(38-54(43)40-20-6-2-7-21-40)44-36-37-56-60(53-30-16-17-31-55(53)61-56)59(44)52-35-34-51(45-24-10-11-25-46(45)52)58-49-28-14-12-26-47(49)57(41-22-8-3-9-23-41)48-27-13-15-29-50(48)58;1-3-15-31(16-4-1)33-27-29-42(47-43-25-13-14-26-44(43)49-48(33)47)36-28-30-41(35-20-8-7-19-34(35)36)46-39-23-11-9-21-37(39)45(32-17-5-2-6-18-32)38-22-10-12-24-40(38)46/h1-38H;1-30H/i3D,8D,9D,22D,23D;2D,5D,6D,17D,18D. The van der Waals surface area contributed by atoms with E-state index in [1.54, 1.807) is 0 Å². The van der Waals surface area contributed by atoms with Crippen molar-refractivity contribution in [3.63, 3.8) is 0 Å². The zero-order chi connectivity index (χ0) is 81.3. The van der Waals surface area contributed by atoms with Crippen LogP contribution in [0.15, 0.2) is 421 Å². The maximum absolute atomic E-state index is 9.06. The molecule has 0 unspecified atom stereocenters. The number of hydrogen-bond donors (Lipinski definition) is 0. The monoisotopic (exact) mass is 1410 g/mol. The van der Waals surface area contributed by atoms with Crippen molar-refractivity contribution in [2.45, 2.75) is 0 Å². The van der Waals surface area contributed by atoms with Gasteiger partial charge in [0.15, 0.2) is 0 Å². The molecule has 0 spiro atoms. The first-order valence-electron chi connectivity index (χ1n) is 42.0. The second-order valence-corrected chi connectivity index (χ2v) is 27.9. The van der Waals surface area contributed by atoms with E-state index in [0.29, 0.717) is 11.1 Å². The summed E-state index contributed by atoms with van der Waals surface area (Å²) < 4.78 is 100.0. The minimum atomic E-state index is -0.409. The normalized spacial score (nSPS) is 12.9. The summed E-state index contributed by atoms with van der Waals surface area (Å²) in [7, 11) is 0. The Bertz CT molecular complexity index is 7860. The fourth-order valence-electron chi connectivity index (χ4n) is 17.3. The molecule has 0 fully saturated rings. The second-order valence-electron chi connectivity index (χ2n) is 27.9. The summed E-state index contributed by atoms with van der Waals surface area (Å²) in [5.41, 5.74) is 22.4. The zero-order valence-corrected chi connectivity index (χ0v) is 59.3. The lowest BCUT2D eigenvalue weighted by atomic mass is 9.82. The van der Waals surface area contributed by atoms with Gasteiger partial charge >= 0.3 is 0 Å². The highest BCUT2D eigenvalue weighted by Gasteiger charge is 2.26. The molecule has 2 heteroatoms. The van der Waals surface area contributed by atoms with Crippen LogP contribution in [0.2, 0.25) is 0 Å². The first kappa shape index (κ1) is 54.2. The van der Waals surface area contributed by atoms with Gasteiger partial charge in [-0.25, -0.2) is 0 Å². The molecule has 2 heterocycles. The molecule has 2 aromatic heterocycles. The van der Waals surface area contributed by atoms with Crippen LogP contribution >= 0.6 is 0 Å². The highest BCUT2D eigenvalue weighted by atomic mass is 16.3. The lowest BCUT2D eigenvalue weighted by Crippen LogP contribution is -1.94. The van der Waals surface area contributed by atoms with E-state index in [9.17, 15) is 0 Å². The topological polar surface area (TPSA) is 26.3 Å². The second kappa shape index (κ2) is 26.9. The summed E-state index contributed by atoms with van der Waals surface area (Å²) in [5.74, 6) is 0. The molecule has 512 valence electrons. The molecule has 0 aliphatic heterocycles. The maximum atomic E-state index is 9.06. The van der Waals surface area contributed by atoms with Crippen molar-refractivity contribution in [2.75, 3.05) is 0 Å². The van der Waals surface area contributed by atoms with Gasteiger partial charge in [-0.3, -0.25) is 0 Å². The fraction of sp³-hybridized carbons (Fsp3) is 0. The van der Waals surface area contributed by atoms with Crippen molar-refractivity contribution in [3.8, 4) is 111 Å². The van der Waals surface area contributed by atoms with Gasteiger partial charge in [-0.05, 0) is 195 Å². The lowest BCUT2D eigenvalue weighted by Gasteiger charge is -2.21. The Morgan fingerprint density at radius 2 is 0.482 bits per heavy atom. The summed E-state index contributed by atoms with van der Waals surface area (Å²) in [6.07, 6.45) is 0. The Balaban J connectivity index is 0.000000151. The van der Waals surface area contributed by atoms with E-state index >= 15 is 0 Å². The molecule has 0 atom stereocenters. The number of benzene rings is 20. The molecule has 0 N–H and O–H groups in total. The molecule has 0 aliphatic carbocycles. The summed E-state index contributed by atoms with van der Waals surface area (Å²) in [6, 6.07) is 119. The summed E-state index contributed by atoms with van der Waals surface area (Å²) in [5, 5.41) is 15.5. The molecule has 0 aliphatic rings. The summed E-state index contributed by atoms with van der Waals surface area (Å²) in [4.78, 5) is 0. The maximum Gasteiger partial charge on any atom is 0.143 e. The van der Waals surface area contributed by atoms with Crippen molar-refractivity contribution in [1.82, 2.24) is 0 Å². The quantitative estimate of drug-likeness (QED) is 0.128. The summed E-state index contributed by atoms with van der Waals surface area (Å²) in [6.45, 7) is 0. The van der Waals surface area contributed by atoms with Crippen molar-refractivity contribution < 1.29 is 22.5 Å². The van der Waals surface area contributed by atoms with Crippen LogP contribution in [0.3, 0.4) is 0 Å². The van der Waals surface area contributed by atoms with E-state index < -0.39 is 12.1 Å². The van der Waals surface area contributed by atoms with Crippen LogP contribution in [-0.4, -0.2) is 0 Å². The van der Waals surface area contributed by atoms with Gasteiger partial charge in [-0.15, -0.1) is 0 Å². The lowest BCUT2D eigenvalue weighted by molar-refractivity contribution is 0.669. The molecule has 20 aromatic carbocycles. The van der Waals surface area contributed by atoms with Gasteiger partial charge in [0.25, 0.3) is 0 Å². The van der Waals surface area contributed by atoms with E-state index in [-0.39, 0.29) is 59.5 Å². The minimum absolute atomic E-state index is 0.195. The first-order valence-corrected chi connectivity index (χ1v) is 37.0. The molecule has 0 radical (unpaired) electrons. The molecular formula is C108H68O2. The van der Waals surface area contributed by atoms with Crippen LogP contribution in [-0.2, 0) is 0 Å². The highest BCUT2D eigenvalue weighted by Crippen LogP contribution is 2.53. The van der Waals surface area contributed by atoms with Crippen LogP contribution in [0.4, 0.5) is 0 Å². The van der Waals surface area contributed by atoms with Gasteiger partial charge in [0, 0.05) is 32.7 Å². The molecule has 0 saturated heterocycles. The Hall–Kier alpha value is -14.4. The largest absolute Gasteiger partial charge is 0.456 e. The fourth-order valence-corrected chi connectivity index (χ4v) is 17.3. The average molecular weight is 1410 g/mol. The Morgan fingerprint density at radius 1 is 0.164 bits per heavy atom. The molecule has 0 amide bonds. The third-order valence-corrected chi connectivity index (χ3v) is 22.0. The number of hydrogen-bond acceptors (Lipinski definition) is 2. The minimum Gasteiger partial charge on any atom is -0.456 e. The van der Waals surface area contributed by atoms with Crippen molar-refractivity contribution in [3.05, 3.63) is 412 Å². The van der Waals surface area contributed by atoms with Crippen LogP contribution < -0.4 is 0 Å². The number of rotatable bonds is 10. The Kier molecular flexibility index (Phi) is 13.2. The molecule has 22 rings (SSSR count). The van der Waals surface area contributed by atoms with Gasteiger partial charge in [0.1, 0.15) is 22.3 Å². The summed E-state index contributed by atoms with van der Waals surface area (Å²) >= 11 is 0. The van der Waals surface area contributed by atoms with Gasteiger partial charge in [0.05, 0.1) is 13.7 Å². The predicted molar refractivity (Wildman–Crippen MR) is 467 cm³/mol. The third kappa shape index (κ3) is 10.6. The smallest absolute Gasteiger partial charge is 0.143 e. The molecule has 22 aromatic rings. The van der Waals surface area contributed by atoms with Gasteiger partial charge in [-0.1, -0.05) is 382 Å². The van der Waals surface area contributed by atoms with Crippen LogP contribution in [0.1, 0.15) is 13.7 Å². The third-order valence-electron chi connectivity index (χ3n) is 22.0. The van der Waals surface area contributed by atoms with Gasteiger partial charge in [-0.2, -0.15) is 0 Å². The van der Waals surface area contributed by atoms with Crippen LogP contribution in [0.25, 0.3) is 220 Å². The highest BCUT2D eigenvalue weighted by molar-refractivity contribution is 6.28. The van der Waals surface area contributed by atoms with E-state index in [4.69, 9.17) is 22.5 Å². The van der Waals surface area contributed by atoms with Crippen molar-refractivity contribution in [2.24, 2.45) is 0 Å². The van der Waals surface area contributed by atoms with E-state index in [2.05, 4.69) is 237 Å². The molecular weight excluding hydrogens is 1330 g/mol. The Morgan fingerprint density at radius 3 is 0.945 bits per heavy atom. The van der Waals surface area contributed by atoms with Gasteiger partial charge in [0.2, 0.25) is 0 Å². The molecule has 0 saturated carbocycles. The van der Waals surface area contributed by atoms with Gasteiger partial charge < -0.3 is 8.83 Å². The Labute approximate surface area is 651 Å². The number of fused-ring (bicyclic) bond motifs is 12. The molecule has 110 heavy (non-hydrogen) atoms. The predicted octanol–water partition coefficient (Wildman–Crippen LogP) is 30.8. The average Bonchev–Trinajstić information content (AvgIpc) is 0.838. The van der Waals surface area contributed by atoms with Crippen molar-refractivity contribution >= 4 is 109 Å². The molecule has 2 nitrogen and oxygen atoms in total. The van der Waals surface area contributed by atoms with E-state index in [1.165, 1.54) is 0 Å². The SMILES string of the molecule is [2H]c1c([2H])c([2H])c(-c2c3ccccc3c(-c3ccc(-c4c(-c5ccc(-c6ccccc6)c(-c6ccccc6)c5)ccc5oc6ccccc6c45)c4ccccc34)c3ccccc23)c([2H])c1[2H].[2H]c1c([2H])c([2H])c(-c2c3ccccc3c(-c3ccc(-c4ccc(-c5ccccc5)c5oc6ccccc6c45)c4ccccc34)c3ccccc23)c([2H])c1[2H]. The van der Waals surface area contributed by atoms with Crippen LogP contribution in [0.5, 0.6) is 0 Å². The number of para-hydroxylation sites is 2.